The lowest BCUT2D eigenvalue weighted by atomic mass is 9.90. The van der Waals surface area contributed by atoms with Crippen molar-refractivity contribution in [1.29, 1.82) is 0 Å². The Labute approximate surface area is 110 Å². The maximum Gasteiger partial charge on any atom is 0.0402 e. The monoisotopic (exact) mass is 244 g/mol. The molecule has 0 amide bonds. The Hall–Kier alpha value is -1.02. The van der Waals surface area contributed by atoms with E-state index in [1.165, 1.54) is 44.3 Å². The van der Waals surface area contributed by atoms with E-state index in [-0.39, 0.29) is 0 Å². The number of hydrogen-bond donors (Lipinski definition) is 1. The van der Waals surface area contributed by atoms with Gasteiger partial charge < -0.3 is 10.2 Å². The second kappa shape index (κ2) is 5.31. The van der Waals surface area contributed by atoms with E-state index in [9.17, 15) is 0 Å². The number of anilines is 1. The number of nitrogens with zero attached hydrogens (tertiary/aromatic N) is 1. The van der Waals surface area contributed by atoms with Crippen molar-refractivity contribution in [2.24, 2.45) is 0 Å². The van der Waals surface area contributed by atoms with Gasteiger partial charge in [0, 0.05) is 24.8 Å². The summed E-state index contributed by atoms with van der Waals surface area (Å²) < 4.78 is 0. The quantitative estimate of drug-likeness (QED) is 0.817. The van der Waals surface area contributed by atoms with Gasteiger partial charge >= 0.3 is 0 Å². The molecule has 2 heteroatoms. The molecule has 2 aliphatic rings. The molecule has 3 rings (SSSR count). The third kappa shape index (κ3) is 2.39. The molecule has 0 radical (unpaired) electrons. The van der Waals surface area contributed by atoms with Gasteiger partial charge in [-0.1, -0.05) is 12.1 Å². The standard InChI is InChI=1S/C16H24N2/c1-13-12-18(11-5-10-17-13)16-9-4-7-14-6-2-3-8-15(14)16/h4,7,9,13,17H,2-3,5-6,8,10-12H2,1H3. The fourth-order valence-electron chi connectivity index (χ4n) is 3.38. The molecule has 1 aromatic rings. The van der Waals surface area contributed by atoms with Gasteiger partial charge in [-0.05, 0) is 62.8 Å². The van der Waals surface area contributed by atoms with Gasteiger partial charge in [0.25, 0.3) is 0 Å². The second-order valence-corrected chi connectivity index (χ2v) is 5.78. The third-order valence-electron chi connectivity index (χ3n) is 4.30. The van der Waals surface area contributed by atoms with Crippen LogP contribution >= 0.6 is 0 Å². The van der Waals surface area contributed by atoms with E-state index in [2.05, 4.69) is 35.3 Å². The van der Waals surface area contributed by atoms with Crippen molar-refractivity contribution in [3.63, 3.8) is 0 Å². The number of hydrogen-bond acceptors (Lipinski definition) is 2. The van der Waals surface area contributed by atoms with Crippen molar-refractivity contribution in [2.75, 3.05) is 24.5 Å². The molecule has 1 atom stereocenters. The molecule has 1 N–H and O–H groups in total. The summed E-state index contributed by atoms with van der Waals surface area (Å²) in [6.07, 6.45) is 6.56. The van der Waals surface area contributed by atoms with Gasteiger partial charge in [-0.15, -0.1) is 0 Å². The molecular weight excluding hydrogens is 220 g/mol. The summed E-state index contributed by atoms with van der Waals surface area (Å²) in [6.45, 7) is 5.81. The maximum absolute atomic E-state index is 3.58. The molecule has 0 aromatic heterocycles. The summed E-state index contributed by atoms with van der Waals surface area (Å²) in [4.78, 5) is 2.61. The first kappa shape index (κ1) is 12.0. The van der Waals surface area contributed by atoms with Crippen LogP contribution < -0.4 is 10.2 Å². The highest BCUT2D eigenvalue weighted by molar-refractivity contribution is 5.58. The van der Waals surface area contributed by atoms with Crippen LogP contribution in [0.4, 0.5) is 5.69 Å². The number of aryl methyl sites for hydroxylation is 1. The van der Waals surface area contributed by atoms with Crippen molar-refractivity contribution in [2.45, 2.75) is 45.1 Å². The van der Waals surface area contributed by atoms with Crippen LogP contribution in [-0.4, -0.2) is 25.7 Å². The molecule has 1 aliphatic carbocycles. The molecule has 18 heavy (non-hydrogen) atoms. The van der Waals surface area contributed by atoms with Crippen molar-refractivity contribution in [3.05, 3.63) is 29.3 Å². The summed E-state index contributed by atoms with van der Waals surface area (Å²) in [5, 5.41) is 3.58. The largest absolute Gasteiger partial charge is 0.370 e. The molecule has 1 aromatic carbocycles. The minimum Gasteiger partial charge on any atom is -0.370 e. The zero-order valence-electron chi connectivity index (χ0n) is 11.4. The van der Waals surface area contributed by atoms with Gasteiger partial charge in [0.2, 0.25) is 0 Å². The molecule has 0 bridgehead atoms. The van der Waals surface area contributed by atoms with Gasteiger partial charge in [-0.25, -0.2) is 0 Å². The second-order valence-electron chi connectivity index (χ2n) is 5.78. The van der Waals surface area contributed by atoms with Gasteiger partial charge in [0.15, 0.2) is 0 Å². The number of nitrogens with one attached hydrogen (secondary N) is 1. The van der Waals surface area contributed by atoms with E-state index in [0.29, 0.717) is 6.04 Å². The Balaban J connectivity index is 1.90. The summed E-state index contributed by atoms with van der Waals surface area (Å²) in [6, 6.07) is 7.52. The minimum atomic E-state index is 0.604. The van der Waals surface area contributed by atoms with Gasteiger partial charge in [-0.2, -0.15) is 0 Å². The Morgan fingerprint density at radius 1 is 1.17 bits per heavy atom. The Morgan fingerprint density at radius 3 is 3.00 bits per heavy atom. The highest BCUT2D eigenvalue weighted by atomic mass is 15.2. The van der Waals surface area contributed by atoms with Crippen LogP contribution in [0.1, 0.15) is 37.3 Å². The Kier molecular flexibility index (Phi) is 3.55. The van der Waals surface area contributed by atoms with Crippen LogP contribution in [0.2, 0.25) is 0 Å². The average molecular weight is 244 g/mol. The highest BCUT2D eigenvalue weighted by Crippen LogP contribution is 2.30. The Morgan fingerprint density at radius 2 is 2.06 bits per heavy atom. The van der Waals surface area contributed by atoms with Crippen molar-refractivity contribution in [1.82, 2.24) is 5.32 Å². The van der Waals surface area contributed by atoms with Crippen LogP contribution in [0.5, 0.6) is 0 Å². The molecule has 0 saturated carbocycles. The summed E-state index contributed by atoms with van der Waals surface area (Å²) >= 11 is 0. The predicted octanol–water partition coefficient (Wildman–Crippen LogP) is 2.75. The normalized spacial score (nSPS) is 24.5. The average Bonchev–Trinajstić information content (AvgIpc) is 2.63. The highest BCUT2D eigenvalue weighted by Gasteiger charge is 2.19. The molecule has 0 spiro atoms. The van der Waals surface area contributed by atoms with Crippen LogP contribution in [0.15, 0.2) is 18.2 Å². The molecule has 2 nitrogen and oxygen atoms in total. The molecule has 1 unspecified atom stereocenters. The molecule has 1 aliphatic heterocycles. The van der Waals surface area contributed by atoms with E-state index in [4.69, 9.17) is 0 Å². The van der Waals surface area contributed by atoms with E-state index < -0.39 is 0 Å². The smallest absolute Gasteiger partial charge is 0.0402 e. The van der Waals surface area contributed by atoms with Crippen LogP contribution in [0.3, 0.4) is 0 Å². The Bertz CT molecular complexity index is 414. The van der Waals surface area contributed by atoms with Gasteiger partial charge in [0.05, 0.1) is 0 Å². The van der Waals surface area contributed by atoms with Gasteiger partial charge in [0.1, 0.15) is 0 Å². The van der Waals surface area contributed by atoms with E-state index in [1.807, 2.05) is 0 Å². The van der Waals surface area contributed by atoms with Gasteiger partial charge in [-0.3, -0.25) is 0 Å². The fourth-order valence-corrected chi connectivity index (χ4v) is 3.38. The lowest BCUT2D eigenvalue weighted by molar-refractivity contribution is 0.584. The van der Waals surface area contributed by atoms with E-state index >= 15 is 0 Å². The third-order valence-corrected chi connectivity index (χ3v) is 4.30. The molecular formula is C16H24N2. The van der Waals surface area contributed by atoms with Crippen LogP contribution in [0, 0.1) is 0 Å². The topological polar surface area (TPSA) is 15.3 Å². The molecule has 1 heterocycles. The van der Waals surface area contributed by atoms with Crippen LogP contribution in [0.25, 0.3) is 0 Å². The minimum absolute atomic E-state index is 0.604. The zero-order chi connectivity index (χ0) is 12.4. The lowest BCUT2D eigenvalue weighted by Crippen LogP contribution is -2.36. The first-order chi connectivity index (χ1) is 8.84. The molecule has 1 saturated heterocycles. The van der Waals surface area contributed by atoms with Crippen molar-refractivity contribution in [3.8, 4) is 0 Å². The first-order valence-corrected chi connectivity index (χ1v) is 7.44. The number of fused-ring (bicyclic) bond motifs is 1. The lowest BCUT2D eigenvalue weighted by Gasteiger charge is -2.30. The fraction of sp³-hybridized carbons (Fsp3) is 0.625. The van der Waals surface area contributed by atoms with Crippen molar-refractivity contribution < 1.29 is 0 Å². The molecule has 98 valence electrons. The summed E-state index contributed by atoms with van der Waals surface area (Å²) in [5.41, 5.74) is 4.75. The van der Waals surface area contributed by atoms with Crippen LogP contribution in [-0.2, 0) is 12.8 Å². The van der Waals surface area contributed by atoms with Crippen molar-refractivity contribution >= 4 is 5.69 Å². The summed E-state index contributed by atoms with van der Waals surface area (Å²) in [7, 11) is 0. The molecule has 1 fully saturated rings. The van der Waals surface area contributed by atoms with E-state index in [1.54, 1.807) is 11.1 Å². The zero-order valence-corrected chi connectivity index (χ0v) is 11.4. The maximum atomic E-state index is 3.58. The number of rotatable bonds is 1. The number of benzene rings is 1. The predicted molar refractivity (Wildman–Crippen MR) is 77.4 cm³/mol. The first-order valence-electron chi connectivity index (χ1n) is 7.44. The SMILES string of the molecule is CC1CN(c2cccc3c2CCCC3)CCCN1. The summed E-state index contributed by atoms with van der Waals surface area (Å²) in [5.74, 6) is 0. The van der Waals surface area contributed by atoms with E-state index in [0.717, 1.165) is 13.1 Å².